The fourth-order valence-electron chi connectivity index (χ4n) is 5.21. The average Bonchev–Trinajstić information content (AvgIpc) is 3.07. The van der Waals surface area contributed by atoms with Crippen LogP contribution in [0.2, 0.25) is 0 Å². The maximum Gasteiger partial charge on any atom is 0.359 e. The van der Waals surface area contributed by atoms with E-state index in [9.17, 15) is 15.0 Å². The van der Waals surface area contributed by atoms with Crippen LogP contribution in [0.1, 0.15) is 44.1 Å². The average molecular weight is 465 g/mol. The van der Waals surface area contributed by atoms with Gasteiger partial charge in [-0.3, -0.25) is 5.32 Å². The summed E-state index contributed by atoms with van der Waals surface area (Å²) >= 11 is 0. The number of rotatable bonds is 4. The topological polar surface area (TPSA) is 86.3 Å². The lowest BCUT2D eigenvalue weighted by atomic mass is 10.0. The molecule has 1 aliphatic heterocycles. The van der Waals surface area contributed by atoms with Crippen LogP contribution in [-0.2, 0) is 32.1 Å². The molecule has 174 valence electrons. The van der Waals surface area contributed by atoms with Crippen molar-refractivity contribution in [3.63, 3.8) is 0 Å². The number of fused-ring (bicyclic) bond motifs is 4. The Balaban J connectivity index is 1.43. The van der Waals surface area contributed by atoms with Crippen LogP contribution in [0, 0.1) is 0 Å². The summed E-state index contributed by atoms with van der Waals surface area (Å²) in [6.07, 6.45) is 3.19. The van der Waals surface area contributed by atoms with E-state index in [1.165, 1.54) is 0 Å². The highest BCUT2D eigenvalue weighted by Gasteiger charge is 2.43. The number of carbonyl (C=O) groups is 1. The van der Waals surface area contributed by atoms with Gasteiger partial charge < -0.3 is 10.2 Å². The molecule has 0 saturated heterocycles. The molecule has 6 heteroatoms. The van der Waals surface area contributed by atoms with Crippen LogP contribution >= 0.6 is 0 Å². The van der Waals surface area contributed by atoms with E-state index in [0.717, 1.165) is 51.6 Å². The summed E-state index contributed by atoms with van der Waals surface area (Å²) in [5, 5.41) is 23.1. The van der Waals surface area contributed by atoms with Gasteiger partial charge in [0.15, 0.2) is 6.04 Å². The number of hydrogen-bond acceptors (Lipinski definition) is 5. The molecule has 3 aromatic carbocycles. The van der Waals surface area contributed by atoms with Crippen molar-refractivity contribution >= 4 is 11.7 Å². The molecule has 0 fully saturated rings. The number of nitrogens with zero attached hydrogens (tertiary/aromatic N) is 2. The minimum absolute atomic E-state index is 0.0230. The van der Waals surface area contributed by atoms with Crippen LogP contribution < -0.4 is 9.88 Å². The first kappa shape index (κ1) is 21.4. The molecule has 2 aliphatic rings. The Bertz CT molecular complexity index is 1430. The standard InChI is InChI=1S/C29H25N3O3/c33-22-10-6-19(7-11-22)15-26-29(35)32-27-13-9-20-16-23(34)12-8-21(20)17-24(27)30-25(28(32)31-26)14-18-4-2-1-3-5-18/h1-8,10-12,16,26,33-34H,9,13-15,17H2/p+1. The maximum absolute atomic E-state index is 13.8. The Labute approximate surface area is 203 Å². The Morgan fingerprint density at radius 2 is 1.66 bits per heavy atom. The van der Waals surface area contributed by atoms with Gasteiger partial charge in [0.2, 0.25) is 0 Å². The Kier molecular flexibility index (Phi) is 5.21. The molecule has 0 saturated carbocycles. The Hall–Kier alpha value is -4.19. The largest absolute Gasteiger partial charge is 0.508 e. The van der Waals surface area contributed by atoms with E-state index in [-0.39, 0.29) is 17.4 Å². The summed E-state index contributed by atoms with van der Waals surface area (Å²) in [5.41, 5.74) is 7.08. The van der Waals surface area contributed by atoms with Gasteiger partial charge in [-0.2, -0.15) is 4.57 Å². The molecule has 0 spiro atoms. The van der Waals surface area contributed by atoms with Crippen LogP contribution in [-0.4, -0.2) is 27.1 Å². The van der Waals surface area contributed by atoms with Crippen LogP contribution in [0.5, 0.6) is 11.5 Å². The van der Waals surface area contributed by atoms with E-state index in [2.05, 4.69) is 17.4 Å². The molecule has 35 heavy (non-hydrogen) atoms. The minimum atomic E-state index is -0.406. The van der Waals surface area contributed by atoms with Gasteiger partial charge in [0, 0.05) is 25.7 Å². The lowest BCUT2D eigenvalue weighted by Crippen LogP contribution is -2.48. The summed E-state index contributed by atoms with van der Waals surface area (Å²) < 4.78 is 1.86. The van der Waals surface area contributed by atoms with Crippen molar-refractivity contribution in [3.05, 3.63) is 112 Å². The summed E-state index contributed by atoms with van der Waals surface area (Å²) in [6, 6.07) is 22.3. The number of aromatic nitrogens is 2. The molecule has 0 radical (unpaired) electrons. The molecule has 1 aliphatic carbocycles. The zero-order valence-corrected chi connectivity index (χ0v) is 19.2. The normalized spacial score (nSPS) is 16.1. The second-order valence-electron chi connectivity index (χ2n) is 9.33. The van der Waals surface area contributed by atoms with Crippen molar-refractivity contribution < 1.29 is 19.6 Å². The van der Waals surface area contributed by atoms with Crippen molar-refractivity contribution in [1.29, 1.82) is 0 Å². The highest BCUT2D eigenvalue weighted by molar-refractivity contribution is 5.82. The molecule has 1 atom stereocenters. The number of benzene rings is 3. The molecular formula is C29H26N3O3+. The smallest absolute Gasteiger partial charge is 0.359 e. The zero-order chi connectivity index (χ0) is 23.9. The predicted octanol–water partition coefficient (Wildman–Crippen LogP) is 3.74. The molecule has 0 amide bonds. The van der Waals surface area contributed by atoms with Gasteiger partial charge in [0.25, 0.3) is 0 Å². The Morgan fingerprint density at radius 3 is 2.46 bits per heavy atom. The number of aromatic hydroxyl groups is 2. The van der Waals surface area contributed by atoms with E-state index >= 15 is 0 Å². The molecule has 3 N–H and O–H groups in total. The summed E-state index contributed by atoms with van der Waals surface area (Å²) in [6.45, 7) is 0. The lowest BCUT2D eigenvalue weighted by Gasteiger charge is -2.10. The number of aryl methyl sites for hydroxylation is 1. The second-order valence-corrected chi connectivity index (χ2v) is 9.33. The first-order chi connectivity index (χ1) is 17.0. The molecule has 1 aromatic heterocycles. The number of carbonyl (C=O) groups excluding carboxylic acids is 1. The highest BCUT2D eigenvalue weighted by atomic mass is 16.3. The molecular weight excluding hydrogens is 438 g/mol. The SMILES string of the molecule is O=C1C(Cc2ccc(O)cc2)Nc2c(Cc3ccccc3)nc3c([n+]21)CCc1cc(O)ccc1C3. The lowest BCUT2D eigenvalue weighted by molar-refractivity contribution is -0.563. The molecule has 6 nitrogen and oxygen atoms in total. The number of phenols is 2. The first-order valence-electron chi connectivity index (χ1n) is 11.9. The van der Waals surface area contributed by atoms with Crippen LogP contribution in [0.3, 0.4) is 0 Å². The van der Waals surface area contributed by atoms with Gasteiger partial charge in [0.05, 0.1) is 5.69 Å². The van der Waals surface area contributed by atoms with E-state index < -0.39 is 6.04 Å². The summed E-state index contributed by atoms with van der Waals surface area (Å²) in [7, 11) is 0. The monoisotopic (exact) mass is 464 g/mol. The van der Waals surface area contributed by atoms with Crippen LogP contribution in [0.25, 0.3) is 0 Å². The maximum atomic E-state index is 13.8. The molecule has 4 aromatic rings. The number of phenolic OH excluding ortho intramolecular Hbond substituents is 2. The predicted molar refractivity (Wildman–Crippen MR) is 132 cm³/mol. The third-order valence-electron chi connectivity index (χ3n) is 6.97. The third kappa shape index (κ3) is 4.01. The number of hydrogen-bond donors (Lipinski definition) is 3. The second kappa shape index (κ2) is 8.55. The zero-order valence-electron chi connectivity index (χ0n) is 19.2. The van der Waals surface area contributed by atoms with Crippen molar-refractivity contribution in [2.75, 3.05) is 5.32 Å². The van der Waals surface area contributed by atoms with E-state index in [4.69, 9.17) is 4.98 Å². The third-order valence-corrected chi connectivity index (χ3v) is 6.97. The van der Waals surface area contributed by atoms with Gasteiger partial charge in [-0.05, 0) is 52.9 Å². The quantitative estimate of drug-likeness (QED) is 0.401. The van der Waals surface area contributed by atoms with Crippen molar-refractivity contribution in [2.45, 2.75) is 38.1 Å². The summed E-state index contributed by atoms with van der Waals surface area (Å²) in [4.78, 5) is 18.9. The van der Waals surface area contributed by atoms with E-state index in [1.54, 1.807) is 18.2 Å². The fourth-order valence-corrected chi connectivity index (χ4v) is 5.21. The van der Waals surface area contributed by atoms with Crippen LogP contribution in [0.4, 0.5) is 5.82 Å². The van der Waals surface area contributed by atoms with Crippen molar-refractivity contribution in [1.82, 2.24) is 4.98 Å². The van der Waals surface area contributed by atoms with E-state index in [1.807, 2.05) is 47.0 Å². The molecule has 1 unspecified atom stereocenters. The van der Waals surface area contributed by atoms with Crippen molar-refractivity contribution in [3.8, 4) is 11.5 Å². The first-order valence-corrected chi connectivity index (χ1v) is 11.9. The minimum Gasteiger partial charge on any atom is -0.508 e. The molecule has 2 heterocycles. The fraction of sp³-hybridized carbons (Fsp3) is 0.207. The van der Waals surface area contributed by atoms with Gasteiger partial charge in [-0.1, -0.05) is 48.5 Å². The van der Waals surface area contributed by atoms with Crippen molar-refractivity contribution in [2.24, 2.45) is 0 Å². The Morgan fingerprint density at radius 1 is 0.886 bits per heavy atom. The van der Waals surface area contributed by atoms with Crippen LogP contribution in [0.15, 0.2) is 72.8 Å². The van der Waals surface area contributed by atoms with Gasteiger partial charge in [-0.25, -0.2) is 9.78 Å². The van der Waals surface area contributed by atoms with Gasteiger partial charge in [-0.15, -0.1) is 0 Å². The number of nitrogens with one attached hydrogen (secondary N) is 1. The molecule has 0 bridgehead atoms. The van der Waals surface area contributed by atoms with E-state index in [0.29, 0.717) is 25.7 Å². The number of anilines is 1. The van der Waals surface area contributed by atoms with Gasteiger partial charge >= 0.3 is 11.7 Å². The summed E-state index contributed by atoms with van der Waals surface area (Å²) in [5.74, 6) is 1.27. The highest BCUT2D eigenvalue weighted by Crippen LogP contribution is 2.29. The molecule has 6 rings (SSSR count). The van der Waals surface area contributed by atoms with Gasteiger partial charge in [0.1, 0.15) is 22.9 Å².